The molecule has 12 heteroatoms. The van der Waals surface area contributed by atoms with Crippen LogP contribution in [0.5, 0.6) is 5.88 Å². The summed E-state index contributed by atoms with van der Waals surface area (Å²) in [6.45, 7) is -0.341. The molecule has 3 aromatic rings. The van der Waals surface area contributed by atoms with Crippen molar-refractivity contribution in [1.29, 1.82) is 5.26 Å². The first kappa shape index (κ1) is 23.5. The minimum absolute atomic E-state index is 0.0740. The van der Waals surface area contributed by atoms with Gasteiger partial charge >= 0.3 is 12.2 Å². The maximum absolute atomic E-state index is 13.1. The minimum Gasteiger partial charge on any atom is -0.474 e. The van der Waals surface area contributed by atoms with E-state index in [4.69, 9.17) is 4.74 Å². The first-order valence-electron chi connectivity index (χ1n) is 11.2. The van der Waals surface area contributed by atoms with E-state index in [1.54, 1.807) is 18.2 Å². The Morgan fingerprint density at radius 2 is 1.83 bits per heavy atom. The van der Waals surface area contributed by atoms with Crippen LogP contribution < -0.4 is 9.64 Å². The third-order valence-corrected chi connectivity index (χ3v) is 6.38. The molecule has 1 aliphatic heterocycles. The van der Waals surface area contributed by atoms with Crippen LogP contribution >= 0.6 is 0 Å². The van der Waals surface area contributed by atoms with E-state index in [-0.39, 0.29) is 24.4 Å². The number of nitriles is 1. The number of nitrogens with zero attached hydrogens (tertiary/aromatic N) is 6. The molecule has 0 radical (unpaired) electrons. The molecule has 0 N–H and O–H groups in total. The second-order valence-electron chi connectivity index (χ2n) is 8.63. The predicted octanol–water partition coefficient (Wildman–Crippen LogP) is 4.07. The predicted molar refractivity (Wildman–Crippen MR) is 120 cm³/mol. The maximum atomic E-state index is 13.1. The van der Waals surface area contributed by atoms with Crippen LogP contribution in [0.4, 0.5) is 23.7 Å². The number of carbonyl (C=O) groups is 2. The Hall–Kier alpha value is -4.27. The molecule has 0 atom stereocenters. The van der Waals surface area contributed by atoms with Crippen molar-refractivity contribution < 1.29 is 27.5 Å². The number of hydrogen-bond acceptors (Lipinski definition) is 7. The highest BCUT2D eigenvalue weighted by atomic mass is 19.4. The summed E-state index contributed by atoms with van der Waals surface area (Å²) >= 11 is 0. The lowest BCUT2D eigenvalue weighted by molar-refractivity contribution is -0.137. The highest BCUT2D eigenvalue weighted by Gasteiger charge is 2.43. The zero-order chi connectivity index (χ0) is 25.4. The summed E-state index contributed by atoms with van der Waals surface area (Å²) in [5, 5.41) is 9.80. The molecule has 9 nitrogen and oxygen atoms in total. The fourth-order valence-electron chi connectivity index (χ4n) is 4.58. The van der Waals surface area contributed by atoms with E-state index in [9.17, 15) is 28.0 Å². The van der Waals surface area contributed by atoms with Crippen LogP contribution in [0.15, 0.2) is 43.0 Å². The van der Waals surface area contributed by atoms with Gasteiger partial charge < -0.3 is 4.74 Å². The molecule has 0 unspecified atom stereocenters. The molecule has 2 fully saturated rings. The zero-order valence-electron chi connectivity index (χ0n) is 18.8. The van der Waals surface area contributed by atoms with Crippen molar-refractivity contribution in [2.45, 2.75) is 44.0 Å². The number of alkyl halides is 3. The van der Waals surface area contributed by atoms with E-state index in [1.165, 1.54) is 6.33 Å². The van der Waals surface area contributed by atoms with Gasteiger partial charge in [-0.05, 0) is 49.9 Å². The molecule has 2 aliphatic rings. The van der Waals surface area contributed by atoms with Gasteiger partial charge in [0.1, 0.15) is 19.0 Å². The summed E-state index contributed by atoms with van der Waals surface area (Å²) in [7, 11) is 0. The van der Waals surface area contributed by atoms with E-state index in [0.717, 1.165) is 22.1 Å². The lowest BCUT2D eigenvalue weighted by Gasteiger charge is -2.33. The molecule has 1 aliphatic carbocycles. The summed E-state index contributed by atoms with van der Waals surface area (Å²) < 4.78 is 45.3. The monoisotopic (exact) mass is 496 g/mol. The number of hydrogen-bond donors (Lipinski definition) is 0. The van der Waals surface area contributed by atoms with E-state index in [0.29, 0.717) is 54.2 Å². The molecule has 0 bridgehead atoms. The van der Waals surface area contributed by atoms with Gasteiger partial charge in [0, 0.05) is 12.2 Å². The molecule has 5 rings (SSSR count). The number of aromatic nitrogens is 3. The third kappa shape index (κ3) is 4.39. The van der Waals surface area contributed by atoms with E-state index >= 15 is 0 Å². The lowest BCUT2D eigenvalue weighted by Crippen LogP contribution is -2.44. The highest BCUT2D eigenvalue weighted by molar-refractivity contribution is 6.12. The molecule has 3 heterocycles. The zero-order valence-corrected chi connectivity index (χ0v) is 18.8. The number of halogens is 3. The Balaban J connectivity index is 1.26. The number of imide groups is 1. The van der Waals surface area contributed by atoms with Crippen molar-refractivity contribution in [3.63, 3.8) is 0 Å². The average molecular weight is 496 g/mol. The highest BCUT2D eigenvalue weighted by Crippen LogP contribution is 2.34. The quantitative estimate of drug-likeness (QED) is 0.501. The van der Waals surface area contributed by atoms with Gasteiger partial charge in [-0.3, -0.25) is 19.6 Å². The molecular formula is C24H19F3N6O3. The Morgan fingerprint density at radius 1 is 1.06 bits per heavy atom. The number of amides is 3. The molecule has 36 heavy (non-hydrogen) atoms. The van der Waals surface area contributed by atoms with E-state index < -0.39 is 23.7 Å². The molecule has 1 aromatic carbocycles. The summed E-state index contributed by atoms with van der Waals surface area (Å²) in [4.78, 5) is 39.8. The van der Waals surface area contributed by atoms with Gasteiger partial charge in [-0.2, -0.15) is 18.4 Å². The number of anilines is 1. The molecule has 0 spiro atoms. The van der Waals surface area contributed by atoms with Gasteiger partial charge in [-0.1, -0.05) is 0 Å². The summed E-state index contributed by atoms with van der Waals surface area (Å²) in [5.41, 5.74) is 0.0353. The van der Waals surface area contributed by atoms with Gasteiger partial charge in [-0.25, -0.2) is 14.8 Å². The van der Waals surface area contributed by atoms with Crippen LogP contribution in [-0.4, -0.2) is 50.5 Å². The summed E-state index contributed by atoms with van der Waals surface area (Å²) in [5.74, 6) is -0.107. The van der Waals surface area contributed by atoms with Crippen LogP contribution in [0.3, 0.4) is 0 Å². The lowest BCUT2D eigenvalue weighted by atomic mass is 9.92. The molecule has 2 aromatic heterocycles. The first-order chi connectivity index (χ1) is 17.2. The smallest absolute Gasteiger partial charge is 0.417 e. The van der Waals surface area contributed by atoms with Gasteiger partial charge in [0.25, 0.3) is 5.91 Å². The Labute approximate surface area is 203 Å². The summed E-state index contributed by atoms with van der Waals surface area (Å²) in [6, 6.07) is 6.89. The third-order valence-electron chi connectivity index (χ3n) is 6.38. The SMILES string of the molecule is N#Cc1ccc2ncnc(OC3CCC(N4C(=O)CN(c5cncc(C(F)(F)F)c5)C4=O)CC3)c2c1. The van der Waals surface area contributed by atoms with Crippen LogP contribution in [0.1, 0.15) is 36.8 Å². The average Bonchev–Trinajstić information content (AvgIpc) is 3.17. The summed E-state index contributed by atoms with van der Waals surface area (Å²) in [6.07, 6.45) is 0.388. The largest absolute Gasteiger partial charge is 0.474 e. The van der Waals surface area contributed by atoms with E-state index in [2.05, 4.69) is 21.0 Å². The molecule has 1 saturated heterocycles. The van der Waals surface area contributed by atoms with Gasteiger partial charge in [0.15, 0.2) is 0 Å². The van der Waals surface area contributed by atoms with Crippen molar-refractivity contribution in [3.05, 3.63) is 54.1 Å². The fourth-order valence-corrected chi connectivity index (χ4v) is 4.58. The molecule has 3 amide bonds. The Bertz CT molecular complexity index is 1380. The number of benzene rings is 1. The minimum atomic E-state index is -4.61. The molecular weight excluding hydrogens is 477 g/mol. The van der Waals surface area contributed by atoms with Crippen molar-refractivity contribution in [3.8, 4) is 11.9 Å². The van der Waals surface area contributed by atoms with Gasteiger partial charge in [0.2, 0.25) is 5.88 Å². The number of urea groups is 1. The van der Waals surface area contributed by atoms with Crippen molar-refractivity contribution in [2.75, 3.05) is 11.4 Å². The first-order valence-corrected chi connectivity index (χ1v) is 11.2. The molecule has 184 valence electrons. The van der Waals surface area contributed by atoms with Crippen LogP contribution in [0, 0.1) is 11.3 Å². The number of ether oxygens (including phenoxy) is 1. The maximum Gasteiger partial charge on any atom is 0.417 e. The number of pyridine rings is 1. The van der Waals surface area contributed by atoms with Crippen LogP contribution in [-0.2, 0) is 11.0 Å². The Kier molecular flexibility index (Phi) is 5.91. The second kappa shape index (κ2) is 9.07. The standard InChI is InChI=1S/C24H19F3N6O3/c25-24(26,27)15-8-17(11-29-10-15)32-12-21(34)33(23(32)35)16-2-4-18(5-3-16)36-22-19-7-14(9-28)1-6-20(19)30-13-31-22/h1,6-8,10-11,13,16,18H,2-5,12H2. The number of carbonyl (C=O) groups excluding carboxylic acids is 2. The number of rotatable bonds is 4. The normalized spacial score (nSPS) is 20.6. The second-order valence-corrected chi connectivity index (χ2v) is 8.63. The van der Waals surface area contributed by atoms with Crippen molar-refractivity contribution >= 4 is 28.5 Å². The van der Waals surface area contributed by atoms with E-state index in [1.807, 2.05) is 0 Å². The van der Waals surface area contributed by atoms with Crippen LogP contribution in [0.25, 0.3) is 10.9 Å². The topological polar surface area (TPSA) is 112 Å². The number of fused-ring (bicyclic) bond motifs is 1. The van der Waals surface area contributed by atoms with Gasteiger partial charge in [-0.15, -0.1) is 0 Å². The van der Waals surface area contributed by atoms with Crippen molar-refractivity contribution in [1.82, 2.24) is 19.9 Å². The van der Waals surface area contributed by atoms with Gasteiger partial charge in [0.05, 0.1) is 40.0 Å². The van der Waals surface area contributed by atoms with Crippen molar-refractivity contribution in [2.24, 2.45) is 0 Å². The fraction of sp³-hybridized carbons (Fsp3) is 0.333. The van der Waals surface area contributed by atoms with Crippen LogP contribution in [0.2, 0.25) is 0 Å². The Morgan fingerprint density at radius 3 is 2.56 bits per heavy atom. The molecule has 1 saturated carbocycles.